The van der Waals surface area contributed by atoms with Gasteiger partial charge in [0, 0.05) is 19.4 Å². The summed E-state index contributed by atoms with van der Waals surface area (Å²) in [6, 6.07) is 3.60. The van der Waals surface area contributed by atoms with Crippen molar-refractivity contribution in [3.05, 3.63) is 23.4 Å². The van der Waals surface area contributed by atoms with E-state index in [1.165, 1.54) is 11.3 Å². The predicted molar refractivity (Wildman–Crippen MR) is 107 cm³/mol. The summed E-state index contributed by atoms with van der Waals surface area (Å²) in [5.74, 6) is 0.947. The summed E-state index contributed by atoms with van der Waals surface area (Å²) in [5, 5.41) is 11.5. The van der Waals surface area contributed by atoms with Crippen LogP contribution in [0.3, 0.4) is 0 Å². The molecule has 0 aromatic carbocycles. The van der Waals surface area contributed by atoms with E-state index in [1.807, 2.05) is 31.4 Å². The first kappa shape index (κ1) is 21.9. The van der Waals surface area contributed by atoms with Gasteiger partial charge in [0.25, 0.3) is 0 Å². The average molecular weight is 409 g/mol. The minimum atomic E-state index is -0.569. The number of amides is 2. The van der Waals surface area contributed by atoms with Crippen molar-refractivity contribution in [2.75, 3.05) is 6.54 Å². The van der Waals surface area contributed by atoms with Gasteiger partial charge in [-0.1, -0.05) is 25.1 Å². The zero-order valence-corrected chi connectivity index (χ0v) is 17.8. The van der Waals surface area contributed by atoms with Crippen LogP contribution < -0.4 is 10.6 Å². The number of aromatic nitrogens is 2. The van der Waals surface area contributed by atoms with Crippen molar-refractivity contribution in [1.29, 1.82) is 0 Å². The first-order valence-electron chi connectivity index (χ1n) is 9.26. The second-order valence-corrected chi connectivity index (χ2v) is 8.74. The molecule has 0 saturated heterocycles. The lowest BCUT2D eigenvalue weighted by Crippen LogP contribution is -2.48. The fourth-order valence-electron chi connectivity index (χ4n) is 2.31. The van der Waals surface area contributed by atoms with Gasteiger partial charge < -0.3 is 19.9 Å². The van der Waals surface area contributed by atoms with E-state index in [0.717, 1.165) is 4.88 Å². The minimum absolute atomic E-state index is 0.136. The Morgan fingerprint density at radius 2 is 2.07 bits per heavy atom. The Labute approximate surface area is 169 Å². The number of alkyl carbamates (subject to hydrolysis) is 1. The van der Waals surface area contributed by atoms with Crippen molar-refractivity contribution in [3.8, 4) is 10.7 Å². The normalized spacial score (nSPS) is 12.6. The predicted octanol–water partition coefficient (Wildman–Crippen LogP) is 3.40. The van der Waals surface area contributed by atoms with Gasteiger partial charge in [0.05, 0.1) is 10.9 Å². The lowest BCUT2D eigenvalue weighted by atomic mass is 10.0. The SMILES string of the molecule is CC(C)C(CNC(=O)CCc1nc(-c2cccs2)no1)NC(=O)OC(C)(C)C. The highest BCUT2D eigenvalue weighted by Gasteiger charge is 2.22. The molecule has 0 fully saturated rings. The molecule has 2 aromatic rings. The Hall–Kier alpha value is -2.42. The lowest BCUT2D eigenvalue weighted by molar-refractivity contribution is -0.121. The van der Waals surface area contributed by atoms with Gasteiger partial charge in [0.15, 0.2) is 0 Å². The first-order valence-corrected chi connectivity index (χ1v) is 10.1. The van der Waals surface area contributed by atoms with Crippen LogP contribution in [0.25, 0.3) is 10.7 Å². The third-order valence-corrected chi connectivity index (χ3v) is 4.67. The molecule has 154 valence electrons. The molecule has 8 nitrogen and oxygen atoms in total. The molecule has 28 heavy (non-hydrogen) atoms. The Kier molecular flexibility index (Phi) is 7.56. The van der Waals surface area contributed by atoms with Crippen molar-refractivity contribution in [2.45, 2.75) is 59.1 Å². The highest BCUT2D eigenvalue weighted by Crippen LogP contribution is 2.21. The standard InChI is InChI=1S/C19H28N4O4S/c1-12(2)13(21-18(25)26-19(3,4)5)11-20-15(24)8-9-16-22-17(23-27-16)14-7-6-10-28-14/h6-7,10,12-13H,8-9,11H2,1-5H3,(H,20,24)(H,21,25). The maximum Gasteiger partial charge on any atom is 0.407 e. The van der Waals surface area contributed by atoms with E-state index < -0.39 is 11.7 Å². The molecule has 0 saturated carbocycles. The van der Waals surface area contributed by atoms with E-state index in [-0.39, 0.29) is 24.3 Å². The van der Waals surface area contributed by atoms with Crippen molar-refractivity contribution in [1.82, 2.24) is 20.8 Å². The number of thiophene rings is 1. The van der Waals surface area contributed by atoms with Crippen molar-refractivity contribution < 1.29 is 18.8 Å². The molecular weight excluding hydrogens is 380 g/mol. The van der Waals surface area contributed by atoms with Gasteiger partial charge in [-0.2, -0.15) is 4.98 Å². The van der Waals surface area contributed by atoms with E-state index in [0.29, 0.717) is 24.7 Å². The van der Waals surface area contributed by atoms with Gasteiger partial charge in [-0.05, 0) is 38.1 Å². The Morgan fingerprint density at radius 1 is 1.32 bits per heavy atom. The molecule has 0 aliphatic carbocycles. The summed E-state index contributed by atoms with van der Waals surface area (Å²) in [7, 11) is 0. The fraction of sp³-hybridized carbons (Fsp3) is 0.579. The van der Waals surface area contributed by atoms with Crippen molar-refractivity contribution in [2.24, 2.45) is 5.92 Å². The number of nitrogens with zero attached hydrogens (tertiary/aromatic N) is 2. The molecule has 0 spiro atoms. The van der Waals surface area contributed by atoms with Crippen molar-refractivity contribution in [3.63, 3.8) is 0 Å². The molecule has 2 rings (SSSR count). The Morgan fingerprint density at radius 3 is 2.68 bits per heavy atom. The van der Waals surface area contributed by atoms with Crippen LogP contribution in [0.5, 0.6) is 0 Å². The summed E-state index contributed by atoms with van der Waals surface area (Å²) in [4.78, 5) is 29.3. The average Bonchev–Trinajstić information content (AvgIpc) is 3.25. The molecule has 0 radical (unpaired) electrons. The highest BCUT2D eigenvalue weighted by atomic mass is 32.1. The molecule has 9 heteroatoms. The van der Waals surface area contributed by atoms with Crippen LogP contribution in [0.2, 0.25) is 0 Å². The number of carbonyl (C=O) groups excluding carboxylic acids is 2. The summed E-state index contributed by atoms with van der Waals surface area (Å²) >= 11 is 1.53. The molecule has 2 amide bonds. The number of rotatable bonds is 8. The summed E-state index contributed by atoms with van der Waals surface area (Å²) in [5.41, 5.74) is -0.569. The van der Waals surface area contributed by atoms with E-state index in [2.05, 4.69) is 20.8 Å². The molecule has 1 atom stereocenters. The number of carbonyl (C=O) groups is 2. The van der Waals surface area contributed by atoms with E-state index in [1.54, 1.807) is 20.8 Å². The first-order chi connectivity index (χ1) is 13.1. The van der Waals surface area contributed by atoms with Crippen LogP contribution in [0.1, 0.15) is 46.9 Å². The highest BCUT2D eigenvalue weighted by molar-refractivity contribution is 7.13. The third kappa shape index (κ3) is 7.30. The van der Waals surface area contributed by atoms with Gasteiger partial charge in [-0.25, -0.2) is 4.79 Å². The molecule has 2 aromatic heterocycles. The quantitative estimate of drug-likeness (QED) is 0.693. The molecule has 2 N–H and O–H groups in total. The van der Waals surface area contributed by atoms with E-state index in [9.17, 15) is 9.59 Å². The lowest BCUT2D eigenvalue weighted by Gasteiger charge is -2.26. The summed E-state index contributed by atoms with van der Waals surface area (Å²) in [6.07, 6.45) is 0.0896. The largest absolute Gasteiger partial charge is 0.444 e. The van der Waals surface area contributed by atoms with Gasteiger partial charge in [0.2, 0.25) is 17.6 Å². The Balaban J connectivity index is 1.77. The molecule has 1 unspecified atom stereocenters. The molecule has 2 heterocycles. The zero-order chi connectivity index (χ0) is 20.7. The number of hydrogen-bond donors (Lipinski definition) is 2. The van der Waals surface area contributed by atoms with Crippen molar-refractivity contribution >= 4 is 23.3 Å². The van der Waals surface area contributed by atoms with Crippen LogP contribution >= 0.6 is 11.3 Å². The minimum Gasteiger partial charge on any atom is -0.444 e. The van der Waals surface area contributed by atoms with Gasteiger partial charge in [-0.3, -0.25) is 4.79 Å². The number of aryl methyl sites for hydroxylation is 1. The maximum atomic E-state index is 12.2. The second-order valence-electron chi connectivity index (χ2n) is 7.79. The smallest absolute Gasteiger partial charge is 0.407 e. The topological polar surface area (TPSA) is 106 Å². The molecule has 0 bridgehead atoms. The van der Waals surface area contributed by atoms with E-state index in [4.69, 9.17) is 9.26 Å². The van der Waals surface area contributed by atoms with Gasteiger partial charge >= 0.3 is 6.09 Å². The van der Waals surface area contributed by atoms with Gasteiger partial charge in [0.1, 0.15) is 5.60 Å². The van der Waals surface area contributed by atoms with Gasteiger partial charge in [-0.15, -0.1) is 11.3 Å². The zero-order valence-electron chi connectivity index (χ0n) is 16.9. The maximum absolute atomic E-state index is 12.2. The van der Waals surface area contributed by atoms with Crippen LogP contribution in [0, 0.1) is 5.92 Å². The number of nitrogens with one attached hydrogen (secondary N) is 2. The molecule has 0 aliphatic rings. The second kappa shape index (κ2) is 9.68. The summed E-state index contributed by atoms with van der Waals surface area (Å²) in [6.45, 7) is 9.68. The number of hydrogen-bond acceptors (Lipinski definition) is 7. The van der Waals surface area contributed by atoms with E-state index >= 15 is 0 Å². The third-order valence-electron chi connectivity index (χ3n) is 3.80. The number of ether oxygens (including phenoxy) is 1. The summed E-state index contributed by atoms with van der Waals surface area (Å²) < 4.78 is 10.5. The fourth-order valence-corrected chi connectivity index (χ4v) is 2.96. The molecular formula is C19H28N4O4S. The van der Waals surface area contributed by atoms with Crippen LogP contribution in [0.15, 0.2) is 22.0 Å². The molecule has 0 aliphatic heterocycles. The van der Waals surface area contributed by atoms with Crippen LogP contribution in [-0.2, 0) is 16.0 Å². The monoisotopic (exact) mass is 408 g/mol. The van der Waals surface area contributed by atoms with Crippen LogP contribution in [0.4, 0.5) is 4.79 Å². The van der Waals surface area contributed by atoms with Crippen LogP contribution in [-0.4, -0.2) is 40.3 Å². The Bertz CT molecular complexity index is 765.